The van der Waals surface area contributed by atoms with Gasteiger partial charge in [0.15, 0.2) is 0 Å². The van der Waals surface area contributed by atoms with Gasteiger partial charge in [0, 0.05) is 5.02 Å². The Morgan fingerprint density at radius 3 is 2.27 bits per heavy atom. The Kier molecular flexibility index (Phi) is 2.93. The minimum Gasteiger partial charge on any atom is -0.457 e. The first kappa shape index (κ1) is 10.1. The molecule has 0 aliphatic rings. The van der Waals surface area contributed by atoms with Crippen molar-refractivity contribution < 1.29 is 4.74 Å². The highest BCUT2D eigenvalue weighted by molar-refractivity contribution is 6.30. The Morgan fingerprint density at radius 2 is 1.67 bits per heavy atom. The lowest BCUT2D eigenvalue weighted by Gasteiger charge is -2.05. The molecule has 0 saturated carbocycles. The van der Waals surface area contributed by atoms with Crippen molar-refractivity contribution in [3.8, 4) is 11.5 Å². The number of rotatable bonds is 2. The van der Waals surface area contributed by atoms with E-state index >= 15 is 0 Å². The van der Waals surface area contributed by atoms with Gasteiger partial charge >= 0.3 is 0 Å². The number of halogens is 1. The van der Waals surface area contributed by atoms with Crippen molar-refractivity contribution in [2.24, 2.45) is 0 Å². The first-order chi connectivity index (χ1) is 7.24. The first-order valence-electron chi connectivity index (χ1n) is 4.66. The van der Waals surface area contributed by atoms with Crippen molar-refractivity contribution in [1.29, 1.82) is 0 Å². The number of hydrogen-bond acceptors (Lipinski definition) is 1. The summed E-state index contributed by atoms with van der Waals surface area (Å²) < 4.78 is 5.60. The molecule has 2 rings (SSSR count). The van der Waals surface area contributed by atoms with Gasteiger partial charge in [0.2, 0.25) is 0 Å². The van der Waals surface area contributed by atoms with Gasteiger partial charge in [-0.2, -0.15) is 0 Å². The third-order valence-electron chi connectivity index (χ3n) is 1.99. The maximum absolute atomic E-state index is 5.77. The topological polar surface area (TPSA) is 9.23 Å². The Bertz CT molecular complexity index is 388. The summed E-state index contributed by atoms with van der Waals surface area (Å²) in [6, 6.07) is 16.1. The summed E-state index contributed by atoms with van der Waals surface area (Å²) >= 11 is 5.77. The molecule has 0 aliphatic carbocycles. The van der Waals surface area contributed by atoms with E-state index in [2.05, 4.69) is 6.07 Å². The van der Waals surface area contributed by atoms with Gasteiger partial charge in [0.25, 0.3) is 0 Å². The molecule has 0 N–H and O–H groups in total. The summed E-state index contributed by atoms with van der Waals surface area (Å²) in [5.41, 5.74) is 1.10. The largest absolute Gasteiger partial charge is 0.457 e. The van der Waals surface area contributed by atoms with Crippen molar-refractivity contribution in [3.05, 3.63) is 59.1 Å². The van der Waals surface area contributed by atoms with E-state index in [4.69, 9.17) is 16.3 Å². The van der Waals surface area contributed by atoms with Crippen LogP contribution in [-0.4, -0.2) is 0 Å². The van der Waals surface area contributed by atoms with E-state index in [1.165, 1.54) is 0 Å². The molecule has 1 nitrogen and oxygen atoms in total. The van der Waals surface area contributed by atoms with Crippen molar-refractivity contribution in [1.82, 2.24) is 0 Å². The Balaban J connectivity index is 2.15. The maximum Gasteiger partial charge on any atom is 0.128 e. The normalized spacial score (nSPS) is 10.0. The lowest BCUT2D eigenvalue weighted by atomic mass is 10.2. The van der Waals surface area contributed by atoms with Crippen LogP contribution in [-0.2, 0) is 0 Å². The van der Waals surface area contributed by atoms with Crippen molar-refractivity contribution >= 4 is 11.6 Å². The standard InChI is InChI=1S/C13H10ClO/c1-10-2-6-12(7-3-10)15-13-8-4-11(14)5-9-13/h2,4-9H,1H3. The van der Waals surface area contributed by atoms with Crippen LogP contribution in [0, 0.1) is 13.0 Å². The van der Waals surface area contributed by atoms with Crippen LogP contribution in [0.15, 0.2) is 42.5 Å². The van der Waals surface area contributed by atoms with Crippen LogP contribution in [0.2, 0.25) is 5.02 Å². The summed E-state index contributed by atoms with van der Waals surface area (Å²) in [6.07, 6.45) is 0. The molecule has 15 heavy (non-hydrogen) atoms. The van der Waals surface area contributed by atoms with E-state index in [1.807, 2.05) is 37.3 Å². The van der Waals surface area contributed by atoms with Crippen LogP contribution < -0.4 is 4.74 Å². The van der Waals surface area contributed by atoms with Crippen LogP contribution >= 0.6 is 11.6 Å². The molecule has 0 bridgehead atoms. The zero-order valence-electron chi connectivity index (χ0n) is 8.33. The summed E-state index contributed by atoms with van der Waals surface area (Å²) in [6.45, 7) is 1.99. The van der Waals surface area contributed by atoms with Gasteiger partial charge in [-0.25, -0.2) is 0 Å². The summed E-state index contributed by atoms with van der Waals surface area (Å²) in [4.78, 5) is 0. The molecule has 75 valence electrons. The Morgan fingerprint density at radius 1 is 1.00 bits per heavy atom. The summed E-state index contributed by atoms with van der Waals surface area (Å²) in [5.74, 6) is 1.56. The van der Waals surface area contributed by atoms with Gasteiger partial charge in [-0.15, -0.1) is 0 Å². The molecule has 0 saturated heterocycles. The predicted octanol–water partition coefficient (Wildman–Crippen LogP) is 4.24. The second-order valence-electron chi connectivity index (χ2n) is 3.26. The number of benzene rings is 2. The fourth-order valence-electron chi connectivity index (χ4n) is 1.19. The lowest BCUT2D eigenvalue weighted by molar-refractivity contribution is 0.482. The SMILES string of the molecule is Cc1[c]cc(Oc2ccc(Cl)cc2)cc1. The quantitative estimate of drug-likeness (QED) is 0.731. The van der Waals surface area contributed by atoms with E-state index in [0.29, 0.717) is 5.02 Å². The zero-order chi connectivity index (χ0) is 10.7. The lowest BCUT2D eigenvalue weighted by Crippen LogP contribution is -1.83. The molecule has 0 fully saturated rings. The molecule has 0 heterocycles. The van der Waals surface area contributed by atoms with Crippen LogP contribution in [0.4, 0.5) is 0 Å². The predicted molar refractivity (Wildman–Crippen MR) is 61.5 cm³/mol. The molecule has 2 heteroatoms. The van der Waals surface area contributed by atoms with E-state index in [0.717, 1.165) is 17.1 Å². The average Bonchev–Trinajstić information content (AvgIpc) is 2.25. The van der Waals surface area contributed by atoms with E-state index in [1.54, 1.807) is 12.1 Å². The van der Waals surface area contributed by atoms with Crippen LogP contribution in [0.3, 0.4) is 0 Å². The Hall–Kier alpha value is -1.47. The second-order valence-corrected chi connectivity index (χ2v) is 3.70. The molecular formula is C13H10ClO. The van der Waals surface area contributed by atoms with Gasteiger partial charge in [0.1, 0.15) is 11.5 Å². The van der Waals surface area contributed by atoms with Crippen LogP contribution in [0.1, 0.15) is 5.56 Å². The minimum absolute atomic E-state index is 0.706. The van der Waals surface area contributed by atoms with E-state index in [9.17, 15) is 0 Å². The Labute approximate surface area is 94.3 Å². The average molecular weight is 218 g/mol. The second kappa shape index (κ2) is 4.37. The van der Waals surface area contributed by atoms with Crippen molar-refractivity contribution in [3.63, 3.8) is 0 Å². The molecule has 0 aromatic heterocycles. The number of aryl methyl sites for hydroxylation is 1. The van der Waals surface area contributed by atoms with Gasteiger partial charge in [0.05, 0.1) is 0 Å². The summed E-state index contributed by atoms with van der Waals surface area (Å²) in [5, 5.41) is 0.706. The highest BCUT2D eigenvalue weighted by Gasteiger charge is 1.96. The van der Waals surface area contributed by atoms with Crippen molar-refractivity contribution in [2.75, 3.05) is 0 Å². The van der Waals surface area contributed by atoms with Gasteiger partial charge in [-0.3, -0.25) is 0 Å². The zero-order valence-corrected chi connectivity index (χ0v) is 9.08. The number of ether oxygens (including phenoxy) is 1. The minimum atomic E-state index is 0.706. The fraction of sp³-hybridized carbons (Fsp3) is 0.0769. The molecule has 0 unspecified atom stereocenters. The first-order valence-corrected chi connectivity index (χ1v) is 5.03. The highest BCUT2D eigenvalue weighted by Crippen LogP contribution is 2.22. The van der Waals surface area contributed by atoms with Gasteiger partial charge in [-0.1, -0.05) is 17.7 Å². The molecular weight excluding hydrogens is 208 g/mol. The summed E-state index contributed by atoms with van der Waals surface area (Å²) in [7, 11) is 0. The van der Waals surface area contributed by atoms with E-state index < -0.39 is 0 Å². The fourth-order valence-corrected chi connectivity index (χ4v) is 1.32. The monoisotopic (exact) mass is 217 g/mol. The van der Waals surface area contributed by atoms with Gasteiger partial charge in [-0.05, 0) is 55.0 Å². The van der Waals surface area contributed by atoms with E-state index in [-0.39, 0.29) is 0 Å². The highest BCUT2D eigenvalue weighted by atomic mass is 35.5. The molecule has 0 amide bonds. The molecule has 1 radical (unpaired) electrons. The van der Waals surface area contributed by atoms with Crippen LogP contribution in [0.5, 0.6) is 11.5 Å². The molecule has 2 aromatic rings. The van der Waals surface area contributed by atoms with Gasteiger partial charge < -0.3 is 4.74 Å². The third kappa shape index (κ3) is 2.74. The van der Waals surface area contributed by atoms with Crippen molar-refractivity contribution in [2.45, 2.75) is 6.92 Å². The number of hydrogen-bond donors (Lipinski definition) is 0. The smallest absolute Gasteiger partial charge is 0.128 e. The third-order valence-corrected chi connectivity index (χ3v) is 2.24. The molecule has 0 spiro atoms. The molecule has 0 atom stereocenters. The van der Waals surface area contributed by atoms with Crippen LogP contribution in [0.25, 0.3) is 0 Å². The molecule has 2 aromatic carbocycles. The maximum atomic E-state index is 5.77. The molecule has 0 aliphatic heterocycles.